The van der Waals surface area contributed by atoms with Crippen LogP contribution in [0.5, 0.6) is 5.75 Å². The van der Waals surface area contributed by atoms with Gasteiger partial charge in [-0.05, 0) is 49.9 Å². The van der Waals surface area contributed by atoms with Crippen LogP contribution in [-0.4, -0.2) is 72.4 Å². The number of aryl methyl sites for hydroxylation is 1. The summed E-state index contributed by atoms with van der Waals surface area (Å²) in [5.74, 6) is 1.16. The van der Waals surface area contributed by atoms with Crippen molar-refractivity contribution in [2.45, 2.75) is 45.7 Å². The van der Waals surface area contributed by atoms with Crippen molar-refractivity contribution in [3.05, 3.63) is 65.7 Å². The number of carbonyl (C=O) groups excluding carboxylic acids is 2. The molecule has 33 heavy (non-hydrogen) atoms. The second kappa shape index (κ2) is 12.4. The smallest absolute Gasteiger partial charge is 0.237 e. The van der Waals surface area contributed by atoms with Crippen LogP contribution in [-0.2, 0) is 22.6 Å². The topological polar surface area (TPSA) is 53.1 Å². The number of ether oxygens (including phenoxy) is 1. The van der Waals surface area contributed by atoms with E-state index >= 15 is 0 Å². The Bertz CT molecular complexity index is 883. The Balaban J connectivity index is 1.48. The third-order valence-electron chi connectivity index (χ3n) is 6.23. The van der Waals surface area contributed by atoms with Crippen molar-refractivity contribution in [1.29, 1.82) is 0 Å². The first kappa shape index (κ1) is 24.8. The van der Waals surface area contributed by atoms with Crippen LogP contribution in [0.15, 0.2) is 54.6 Å². The van der Waals surface area contributed by atoms with Gasteiger partial charge in [0.25, 0.3) is 0 Å². The van der Waals surface area contributed by atoms with Crippen molar-refractivity contribution in [3.63, 3.8) is 0 Å². The summed E-state index contributed by atoms with van der Waals surface area (Å²) in [7, 11) is 1.65. The normalized spacial score (nSPS) is 14.7. The molecule has 1 aliphatic rings. The zero-order chi connectivity index (χ0) is 23.6. The number of hydrogen-bond acceptors (Lipinski definition) is 4. The molecule has 2 aromatic carbocycles. The van der Waals surface area contributed by atoms with E-state index in [1.54, 1.807) is 7.11 Å². The number of amides is 2. The molecular formula is C27H37N3O3. The monoisotopic (exact) mass is 451 g/mol. The van der Waals surface area contributed by atoms with Gasteiger partial charge in [-0.1, -0.05) is 42.5 Å². The summed E-state index contributed by atoms with van der Waals surface area (Å²) in [6, 6.07) is 18.1. The number of rotatable bonds is 9. The van der Waals surface area contributed by atoms with E-state index in [4.69, 9.17) is 4.74 Å². The molecule has 2 aromatic rings. The average Bonchev–Trinajstić information content (AvgIpc) is 3.07. The molecule has 1 fully saturated rings. The van der Waals surface area contributed by atoms with E-state index in [0.717, 1.165) is 49.4 Å². The Morgan fingerprint density at radius 2 is 1.67 bits per heavy atom. The van der Waals surface area contributed by atoms with Crippen molar-refractivity contribution >= 4 is 11.8 Å². The van der Waals surface area contributed by atoms with Gasteiger partial charge >= 0.3 is 0 Å². The van der Waals surface area contributed by atoms with Gasteiger partial charge in [-0.3, -0.25) is 14.5 Å². The highest BCUT2D eigenvalue weighted by atomic mass is 16.5. The van der Waals surface area contributed by atoms with E-state index in [1.165, 1.54) is 0 Å². The van der Waals surface area contributed by atoms with Gasteiger partial charge in [0.05, 0.1) is 13.7 Å². The maximum Gasteiger partial charge on any atom is 0.237 e. The zero-order valence-corrected chi connectivity index (χ0v) is 20.2. The first-order chi connectivity index (χ1) is 16.0. The molecule has 0 bridgehead atoms. The molecule has 3 rings (SSSR count). The largest absolute Gasteiger partial charge is 0.497 e. The first-order valence-electron chi connectivity index (χ1n) is 11.9. The summed E-state index contributed by atoms with van der Waals surface area (Å²) in [4.78, 5) is 32.0. The number of nitrogens with zero attached hydrogens (tertiary/aromatic N) is 3. The summed E-state index contributed by atoms with van der Waals surface area (Å²) >= 11 is 0. The summed E-state index contributed by atoms with van der Waals surface area (Å²) in [6.45, 7) is 8.15. The van der Waals surface area contributed by atoms with Gasteiger partial charge in [0, 0.05) is 45.2 Å². The Hall–Kier alpha value is -2.86. The van der Waals surface area contributed by atoms with Crippen LogP contribution >= 0.6 is 0 Å². The lowest BCUT2D eigenvalue weighted by Crippen LogP contribution is -2.44. The molecule has 1 aliphatic heterocycles. The molecule has 2 amide bonds. The summed E-state index contributed by atoms with van der Waals surface area (Å²) in [5, 5.41) is 0. The molecule has 178 valence electrons. The van der Waals surface area contributed by atoms with Crippen molar-refractivity contribution < 1.29 is 14.3 Å². The van der Waals surface area contributed by atoms with Crippen LogP contribution in [0.25, 0.3) is 0 Å². The molecule has 0 saturated carbocycles. The van der Waals surface area contributed by atoms with E-state index in [-0.39, 0.29) is 17.9 Å². The first-order valence-corrected chi connectivity index (χ1v) is 11.9. The molecule has 6 heteroatoms. The zero-order valence-electron chi connectivity index (χ0n) is 20.2. The van der Waals surface area contributed by atoms with E-state index in [2.05, 4.69) is 30.9 Å². The molecule has 0 atom stereocenters. The number of benzene rings is 2. The maximum atomic E-state index is 13.1. The van der Waals surface area contributed by atoms with Crippen molar-refractivity contribution in [3.8, 4) is 5.75 Å². The van der Waals surface area contributed by atoms with Crippen LogP contribution in [0.3, 0.4) is 0 Å². The van der Waals surface area contributed by atoms with E-state index in [9.17, 15) is 9.59 Å². The fourth-order valence-electron chi connectivity index (χ4n) is 4.20. The van der Waals surface area contributed by atoms with Crippen LogP contribution in [0.4, 0.5) is 0 Å². The van der Waals surface area contributed by atoms with E-state index in [0.29, 0.717) is 26.1 Å². The van der Waals surface area contributed by atoms with Crippen molar-refractivity contribution in [2.24, 2.45) is 0 Å². The van der Waals surface area contributed by atoms with Gasteiger partial charge in [0.2, 0.25) is 11.8 Å². The third-order valence-corrected chi connectivity index (χ3v) is 6.23. The third kappa shape index (κ3) is 7.60. The molecule has 0 unspecified atom stereocenters. The second-order valence-corrected chi connectivity index (χ2v) is 8.96. The van der Waals surface area contributed by atoms with Crippen molar-refractivity contribution in [1.82, 2.24) is 14.7 Å². The van der Waals surface area contributed by atoms with E-state index < -0.39 is 0 Å². The second-order valence-electron chi connectivity index (χ2n) is 8.96. The number of hydrogen-bond donors (Lipinski definition) is 0. The lowest BCUT2D eigenvalue weighted by Gasteiger charge is -2.30. The highest BCUT2D eigenvalue weighted by molar-refractivity contribution is 5.79. The molecule has 6 nitrogen and oxygen atoms in total. The lowest BCUT2D eigenvalue weighted by atomic mass is 10.1. The molecule has 0 spiro atoms. The van der Waals surface area contributed by atoms with Gasteiger partial charge in [0.15, 0.2) is 0 Å². The van der Waals surface area contributed by atoms with E-state index in [1.807, 2.05) is 52.3 Å². The predicted molar refractivity (Wildman–Crippen MR) is 131 cm³/mol. The van der Waals surface area contributed by atoms with Gasteiger partial charge in [-0.15, -0.1) is 0 Å². The van der Waals surface area contributed by atoms with Crippen LogP contribution in [0.2, 0.25) is 0 Å². The fraction of sp³-hybridized carbons (Fsp3) is 0.481. The Morgan fingerprint density at radius 1 is 0.939 bits per heavy atom. The summed E-state index contributed by atoms with van der Waals surface area (Å²) < 4.78 is 5.19. The molecule has 1 heterocycles. The molecule has 0 aliphatic carbocycles. The Morgan fingerprint density at radius 3 is 2.33 bits per heavy atom. The molecule has 0 aromatic heterocycles. The highest BCUT2D eigenvalue weighted by Gasteiger charge is 2.23. The number of carbonyl (C=O) groups is 2. The fourth-order valence-corrected chi connectivity index (χ4v) is 4.20. The standard InChI is InChI=1S/C27H37N3O3/c1-22(2)30(20-24-8-5-4-6-9-24)27(32)21-28-16-7-17-29(19-18-28)26(31)15-12-23-10-13-25(33-3)14-11-23/h4-6,8-11,13-14,22H,7,12,15-21H2,1-3H3. The number of methoxy groups -OCH3 is 1. The molecule has 1 saturated heterocycles. The van der Waals surface area contributed by atoms with Crippen LogP contribution in [0.1, 0.15) is 37.8 Å². The minimum atomic E-state index is 0.140. The Kier molecular flexibility index (Phi) is 9.31. The SMILES string of the molecule is COc1ccc(CCC(=O)N2CCCN(CC(=O)N(Cc3ccccc3)C(C)C)CC2)cc1. The van der Waals surface area contributed by atoms with Crippen LogP contribution < -0.4 is 4.74 Å². The lowest BCUT2D eigenvalue weighted by molar-refractivity contribution is -0.134. The minimum Gasteiger partial charge on any atom is -0.497 e. The molecule has 0 radical (unpaired) electrons. The Labute approximate surface area is 198 Å². The predicted octanol–water partition coefficient (Wildman–Crippen LogP) is 3.60. The molecule has 0 N–H and O–H groups in total. The highest BCUT2D eigenvalue weighted by Crippen LogP contribution is 2.14. The van der Waals surface area contributed by atoms with Crippen LogP contribution in [0, 0.1) is 0 Å². The van der Waals surface area contributed by atoms with Crippen molar-refractivity contribution in [2.75, 3.05) is 39.8 Å². The molecular weight excluding hydrogens is 414 g/mol. The minimum absolute atomic E-state index is 0.140. The summed E-state index contributed by atoms with van der Waals surface area (Å²) in [6.07, 6.45) is 2.12. The maximum absolute atomic E-state index is 13.1. The van der Waals surface area contributed by atoms with Gasteiger partial charge < -0.3 is 14.5 Å². The average molecular weight is 452 g/mol. The van der Waals surface area contributed by atoms with Gasteiger partial charge in [-0.25, -0.2) is 0 Å². The summed E-state index contributed by atoms with van der Waals surface area (Å²) in [5.41, 5.74) is 2.28. The van der Waals surface area contributed by atoms with Gasteiger partial charge in [-0.2, -0.15) is 0 Å². The quantitative estimate of drug-likeness (QED) is 0.585. The van der Waals surface area contributed by atoms with Gasteiger partial charge in [0.1, 0.15) is 5.75 Å².